The summed E-state index contributed by atoms with van der Waals surface area (Å²) in [5.41, 5.74) is 0.749. The molecule has 0 unspecified atom stereocenters. The number of benzene rings is 2. The molecule has 0 bridgehead atoms. The van der Waals surface area contributed by atoms with Crippen molar-refractivity contribution in [2.45, 2.75) is 13.0 Å². The van der Waals surface area contributed by atoms with Gasteiger partial charge in [-0.3, -0.25) is 4.79 Å². The Bertz CT molecular complexity index is 569. The number of amides is 1. The van der Waals surface area contributed by atoms with Crippen LogP contribution in [0.25, 0.3) is 0 Å². The lowest BCUT2D eigenvalue weighted by atomic mass is 10.3. The standard InChI is InChI=1S/C16H17NO3/c1-12(16(18)17-13-7-4-3-5-8-13)20-15-10-6-9-14(11-15)19-2/h3-12H,1-2H3,(H,17,18)/t12-/m1/s1. The summed E-state index contributed by atoms with van der Waals surface area (Å²) < 4.78 is 10.7. The van der Waals surface area contributed by atoms with Crippen LogP contribution in [0.3, 0.4) is 0 Å². The van der Waals surface area contributed by atoms with Crippen LogP contribution in [0, 0.1) is 0 Å². The van der Waals surface area contributed by atoms with Crippen molar-refractivity contribution in [3.63, 3.8) is 0 Å². The lowest BCUT2D eigenvalue weighted by molar-refractivity contribution is -0.122. The minimum Gasteiger partial charge on any atom is -0.497 e. The van der Waals surface area contributed by atoms with Crippen LogP contribution in [-0.2, 0) is 4.79 Å². The first kappa shape index (κ1) is 13.9. The van der Waals surface area contributed by atoms with Crippen LogP contribution in [0.4, 0.5) is 5.69 Å². The van der Waals surface area contributed by atoms with E-state index in [2.05, 4.69) is 5.32 Å². The third-order valence-electron chi connectivity index (χ3n) is 2.76. The molecule has 0 fully saturated rings. The largest absolute Gasteiger partial charge is 0.497 e. The Kier molecular flexibility index (Phi) is 4.60. The fraction of sp³-hybridized carbons (Fsp3) is 0.188. The average Bonchev–Trinajstić information content (AvgIpc) is 2.48. The highest BCUT2D eigenvalue weighted by molar-refractivity contribution is 5.94. The predicted octanol–water partition coefficient (Wildman–Crippen LogP) is 3.10. The molecule has 4 nitrogen and oxygen atoms in total. The summed E-state index contributed by atoms with van der Waals surface area (Å²) in [6, 6.07) is 16.4. The molecule has 1 N–H and O–H groups in total. The highest BCUT2D eigenvalue weighted by Gasteiger charge is 2.14. The first-order valence-corrected chi connectivity index (χ1v) is 6.35. The molecule has 0 spiro atoms. The number of hydrogen-bond acceptors (Lipinski definition) is 3. The van der Waals surface area contributed by atoms with Crippen LogP contribution in [0.15, 0.2) is 54.6 Å². The van der Waals surface area contributed by atoms with Crippen molar-refractivity contribution < 1.29 is 14.3 Å². The smallest absolute Gasteiger partial charge is 0.265 e. The van der Waals surface area contributed by atoms with Crippen molar-refractivity contribution in [3.05, 3.63) is 54.6 Å². The molecule has 20 heavy (non-hydrogen) atoms. The second kappa shape index (κ2) is 6.61. The number of para-hydroxylation sites is 1. The Labute approximate surface area is 118 Å². The SMILES string of the molecule is COc1cccc(O[C@H](C)C(=O)Nc2ccccc2)c1. The number of carbonyl (C=O) groups excluding carboxylic acids is 1. The van der Waals surface area contributed by atoms with E-state index in [0.717, 1.165) is 5.69 Å². The molecule has 1 atom stereocenters. The van der Waals surface area contributed by atoms with E-state index >= 15 is 0 Å². The first-order valence-electron chi connectivity index (χ1n) is 6.35. The number of ether oxygens (including phenoxy) is 2. The monoisotopic (exact) mass is 271 g/mol. The van der Waals surface area contributed by atoms with Gasteiger partial charge in [0.25, 0.3) is 5.91 Å². The van der Waals surface area contributed by atoms with Crippen molar-refractivity contribution >= 4 is 11.6 Å². The molecular formula is C16H17NO3. The van der Waals surface area contributed by atoms with Crippen molar-refractivity contribution in [2.75, 3.05) is 12.4 Å². The minimum atomic E-state index is -0.595. The van der Waals surface area contributed by atoms with Crippen molar-refractivity contribution in [2.24, 2.45) is 0 Å². The Hall–Kier alpha value is -2.49. The van der Waals surface area contributed by atoms with Crippen LogP contribution < -0.4 is 14.8 Å². The lowest BCUT2D eigenvalue weighted by Crippen LogP contribution is -2.30. The first-order chi connectivity index (χ1) is 9.69. The molecule has 0 saturated carbocycles. The van der Waals surface area contributed by atoms with E-state index in [1.54, 1.807) is 26.2 Å². The van der Waals surface area contributed by atoms with E-state index in [1.807, 2.05) is 42.5 Å². The van der Waals surface area contributed by atoms with Crippen molar-refractivity contribution in [3.8, 4) is 11.5 Å². The van der Waals surface area contributed by atoms with Crippen LogP contribution in [-0.4, -0.2) is 19.1 Å². The highest BCUT2D eigenvalue weighted by atomic mass is 16.5. The van der Waals surface area contributed by atoms with Gasteiger partial charge in [-0.1, -0.05) is 24.3 Å². The van der Waals surface area contributed by atoms with E-state index in [4.69, 9.17) is 9.47 Å². The second-order valence-electron chi connectivity index (χ2n) is 4.29. The van der Waals surface area contributed by atoms with Crippen molar-refractivity contribution in [1.29, 1.82) is 0 Å². The number of anilines is 1. The van der Waals surface area contributed by atoms with Crippen LogP contribution in [0.1, 0.15) is 6.92 Å². The van der Waals surface area contributed by atoms with E-state index in [0.29, 0.717) is 11.5 Å². The third-order valence-corrected chi connectivity index (χ3v) is 2.76. The average molecular weight is 271 g/mol. The van der Waals surface area contributed by atoms with Gasteiger partial charge in [0.2, 0.25) is 0 Å². The summed E-state index contributed by atoms with van der Waals surface area (Å²) in [4.78, 5) is 12.0. The minimum absolute atomic E-state index is 0.195. The molecular weight excluding hydrogens is 254 g/mol. The van der Waals surface area contributed by atoms with E-state index in [9.17, 15) is 4.79 Å². The molecule has 2 aromatic carbocycles. The van der Waals surface area contributed by atoms with Crippen LogP contribution in [0.5, 0.6) is 11.5 Å². The van der Waals surface area contributed by atoms with Crippen LogP contribution >= 0.6 is 0 Å². The van der Waals surface area contributed by atoms with E-state index < -0.39 is 6.10 Å². The maximum Gasteiger partial charge on any atom is 0.265 e. The quantitative estimate of drug-likeness (QED) is 0.909. The fourth-order valence-electron chi connectivity index (χ4n) is 1.70. The Morgan fingerprint density at radius 2 is 1.75 bits per heavy atom. The molecule has 0 radical (unpaired) electrons. The molecule has 2 rings (SSSR count). The molecule has 4 heteroatoms. The second-order valence-corrected chi connectivity index (χ2v) is 4.29. The number of rotatable bonds is 5. The zero-order valence-electron chi connectivity index (χ0n) is 11.5. The zero-order chi connectivity index (χ0) is 14.4. The Balaban J connectivity index is 1.97. The normalized spacial score (nSPS) is 11.5. The third kappa shape index (κ3) is 3.75. The van der Waals surface area contributed by atoms with Gasteiger partial charge in [0, 0.05) is 11.8 Å². The molecule has 0 heterocycles. The van der Waals surface area contributed by atoms with Gasteiger partial charge < -0.3 is 14.8 Å². The Morgan fingerprint density at radius 1 is 1.05 bits per heavy atom. The van der Waals surface area contributed by atoms with Crippen molar-refractivity contribution in [1.82, 2.24) is 0 Å². The summed E-state index contributed by atoms with van der Waals surface area (Å²) >= 11 is 0. The van der Waals surface area contributed by atoms with E-state index in [1.165, 1.54) is 0 Å². The van der Waals surface area contributed by atoms with Gasteiger partial charge in [0.1, 0.15) is 11.5 Å². The molecule has 0 saturated heterocycles. The summed E-state index contributed by atoms with van der Waals surface area (Å²) in [6.45, 7) is 1.71. The lowest BCUT2D eigenvalue weighted by Gasteiger charge is -2.15. The molecule has 104 valence electrons. The van der Waals surface area contributed by atoms with Gasteiger partial charge >= 0.3 is 0 Å². The van der Waals surface area contributed by atoms with Gasteiger partial charge in [0.05, 0.1) is 7.11 Å². The Morgan fingerprint density at radius 3 is 2.45 bits per heavy atom. The fourth-order valence-corrected chi connectivity index (χ4v) is 1.70. The number of methoxy groups -OCH3 is 1. The molecule has 2 aromatic rings. The van der Waals surface area contributed by atoms with Gasteiger partial charge in [-0.2, -0.15) is 0 Å². The predicted molar refractivity (Wildman–Crippen MR) is 78.2 cm³/mol. The maximum absolute atomic E-state index is 12.0. The summed E-state index contributed by atoms with van der Waals surface area (Å²) in [6.07, 6.45) is -0.595. The number of hydrogen-bond donors (Lipinski definition) is 1. The molecule has 0 aliphatic rings. The number of carbonyl (C=O) groups is 1. The molecule has 1 amide bonds. The zero-order valence-corrected chi connectivity index (χ0v) is 11.5. The highest BCUT2D eigenvalue weighted by Crippen LogP contribution is 2.20. The van der Waals surface area contributed by atoms with Gasteiger partial charge in [0.15, 0.2) is 6.10 Å². The van der Waals surface area contributed by atoms with Gasteiger partial charge in [-0.25, -0.2) is 0 Å². The van der Waals surface area contributed by atoms with E-state index in [-0.39, 0.29) is 5.91 Å². The van der Waals surface area contributed by atoms with Gasteiger partial charge in [-0.05, 0) is 31.2 Å². The van der Waals surface area contributed by atoms with Gasteiger partial charge in [-0.15, -0.1) is 0 Å². The number of nitrogens with one attached hydrogen (secondary N) is 1. The molecule has 0 aromatic heterocycles. The van der Waals surface area contributed by atoms with Crippen LogP contribution in [0.2, 0.25) is 0 Å². The summed E-state index contributed by atoms with van der Waals surface area (Å²) in [5, 5.41) is 2.80. The molecule has 0 aliphatic carbocycles. The summed E-state index contributed by atoms with van der Waals surface area (Å²) in [5.74, 6) is 1.09. The molecule has 0 aliphatic heterocycles. The maximum atomic E-state index is 12.0. The summed E-state index contributed by atoms with van der Waals surface area (Å²) in [7, 11) is 1.59. The topological polar surface area (TPSA) is 47.6 Å².